The maximum atomic E-state index is 12.9. The van der Waals surface area contributed by atoms with Gasteiger partial charge in [0.05, 0.1) is 17.6 Å². The van der Waals surface area contributed by atoms with E-state index in [2.05, 4.69) is 20.0 Å². The van der Waals surface area contributed by atoms with Crippen LogP contribution >= 0.6 is 11.6 Å². The molecule has 1 fully saturated rings. The van der Waals surface area contributed by atoms with Crippen LogP contribution < -0.4 is 20.5 Å². The zero-order chi connectivity index (χ0) is 26.6. The maximum Gasteiger partial charge on any atom is 0.487 e. The third kappa shape index (κ3) is 7.01. The van der Waals surface area contributed by atoms with Crippen molar-refractivity contribution in [1.82, 2.24) is 14.5 Å². The summed E-state index contributed by atoms with van der Waals surface area (Å²) in [6.07, 6.45) is 4.73. The summed E-state index contributed by atoms with van der Waals surface area (Å²) in [6.45, 7) is 1.96. The molecule has 0 aliphatic carbocycles. The van der Waals surface area contributed by atoms with Crippen molar-refractivity contribution < 1.29 is 23.0 Å². The first-order valence-corrected chi connectivity index (χ1v) is 12.0. The van der Waals surface area contributed by atoms with Crippen LogP contribution in [0.4, 0.5) is 20.3 Å². The first-order chi connectivity index (χ1) is 17.6. The summed E-state index contributed by atoms with van der Waals surface area (Å²) in [4.78, 5) is 36.4. The fourth-order valence-electron chi connectivity index (χ4n) is 3.99. The van der Waals surface area contributed by atoms with Crippen molar-refractivity contribution in [2.24, 2.45) is 5.92 Å². The van der Waals surface area contributed by atoms with E-state index in [1.165, 1.54) is 42.9 Å². The van der Waals surface area contributed by atoms with Crippen LogP contribution in [0.1, 0.15) is 23.2 Å². The Morgan fingerprint density at radius 2 is 1.92 bits per heavy atom. The number of carbonyl (C=O) groups is 1. The van der Waals surface area contributed by atoms with E-state index in [0.29, 0.717) is 48.4 Å². The molecule has 1 N–H and O–H groups in total. The van der Waals surface area contributed by atoms with Crippen LogP contribution in [0.3, 0.4) is 0 Å². The van der Waals surface area contributed by atoms with Gasteiger partial charge in [-0.25, -0.2) is 9.97 Å². The molecule has 1 aromatic carbocycles. The van der Waals surface area contributed by atoms with E-state index < -0.39 is 11.5 Å². The molecule has 37 heavy (non-hydrogen) atoms. The van der Waals surface area contributed by atoms with Gasteiger partial charge in [0.15, 0.2) is 0 Å². The van der Waals surface area contributed by atoms with Crippen molar-refractivity contribution in [3.05, 3.63) is 64.8 Å². The summed E-state index contributed by atoms with van der Waals surface area (Å²) in [6, 6.07) is 8.36. The zero-order valence-corrected chi connectivity index (χ0v) is 21.0. The molecule has 0 radical (unpaired) electrons. The summed E-state index contributed by atoms with van der Waals surface area (Å²) in [5, 5.41) is 2.68. The lowest BCUT2D eigenvalue weighted by Crippen LogP contribution is -2.27. The van der Waals surface area contributed by atoms with Crippen molar-refractivity contribution in [2.45, 2.75) is 25.0 Å². The van der Waals surface area contributed by atoms with Gasteiger partial charge in [0.1, 0.15) is 11.6 Å². The molecule has 1 saturated heterocycles. The molecule has 1 aliphatic rings. The van der Waals surface area contributed by atoms with E-state index in [4.69, 9.17) is 16.3 Å². The number of aromatic nitrogens is 3. The van der Waals surface area contributed by atoms with Gasteiger partial charge < -0.3 is 19.7 Å². The Labute approximate surface area is 217 Å². The van der Waals surface area contributed by atoms with E-state index in [1.54, 1.807) is 29.6 Å². The molecule has 9 nitrogen and oxygen atoms in total. The molecule has 0 saturated carbocycles. The zero-order valence-electron chi connectivity index (χ0n) is 20.3. The summed E-state index contributed by atoms with van der Waals surface area (Å²) in [7, 11) is 3.60. The second-order valence-corrected chi connectivity index (χ2v) is 9.28. The fraction of sp³-hybridized carbons (Fsp3) is 0.360. The van der Waals surface area contributed by atoms with Crippen molar-refractivity contribution in [3.63, 3.8) is 0 Å². The van der Waals surface area contributed by atoms with E-state index >= 15 is 0 Å². The van der Waals surface area contributed by atoms with Crippen LogP contribution in [0.15, 0.2) is 53.7 Å². The highest BCUT2D eigenvalue weighted by Crippen LogP contribution is 2.28. The molecule has 196 valence electrons. The topological polar surface area (TPSA) is 98.6 Å². The predicted molar refractivity (Wildman–Crippen MR) is 135 cm³/mol. The minimum atomic E-state index is -3.83. The van der Waals surface area contributed by atoms with Crippen LogP contribution in [-0.4, -0.2) is 53.3 Å². The van der Waals surface area contributed by atoms with Crippen molar-refractivity contribution >= 4 is 29.0 Å². The number of rotatable bonds is 8. The van der Waals surface area contributed by atoms with Crippen LogP contribution in [0.5, 0.6) is 5.75 Å². The number of nitrogens with zero attached hydrogens (tertiary/aromatic N) is 4. The van der Waals surface area contributed by atoms with Crippen LogP contribution in [0, 0.1) is 5.92 Å². The van der Waals surface area contributed by atoms with Crippen LogP contribution in [0.25, 0.3) is 11.3 Å². The highest BCUT2D eigenvalue weighted by Gasteiger charge is 2.27. The number of hydrogen-bond acceptors (Lipinski definition) is 7. The normalized spacial score (nSPS) is 14.3. The summed E-state index contributed by atoms with van der Waals surface area (Å²) < 4.78 is 36.8. The number of alkyl halides is 3. The number of amides is 1. The van der Waals surface area contributed by atoms with E-state index in [0.717, 1.165) is 12.8 Å². The minimum Gasteiger partial charge on any atom is -0.420 e. The second-order valence-electron chi connectivity index (χ2n) is 8.84. The summed E-state index contributed by atoms with van der Waals surface area (Å²) in [5.74, 6) is 0.254. The summed E-state index contributed by atoms with van der Waals surface area (Å²) >= 11 is 4.77. The first-order valence-electron chi connectivity index (χ1n) is 11.6. The molecule has 3 heterocycles. The number of benzene rings is 1. The quantitative estimate of drug-likeness (QED) is 0.433. The average molecular weight is 534 g/mol. The van der Waals surface area contributed by atoms with Gasteiger partial charge in [0.25, 0.3) is 11.5 Å². The van der Waals surface area contributed by atoms with E-state index in [9.17, 15) is 18.4 Å². The van der Waals surface area contributed by atoms with Gasteiger partial charge in [-0.05, 0) is 49.1 Å². The third-order valence-corrected chi connectivity index (χ3v) is 5.93. The number of halogens is 3. The molecule has 0 bridgehead atoms. The largest absolute Gasteiger partial charge is 0.487 e. The predicted octanol–water partition coefficient (Wildman–Crippen LogP) is 4.22. The minimum absolute atomic E-state index is 0.157. The monoisotopic (exact) mass is 533 g/mol. The van der Waals surface area contributed by atoms with Crippen molar-refractivity contribution in [2.75, 3.05) is 37.5 Å². The molecule has 12 heteroatoms. The lowest BCUT2D eigenvalue weighted by Gasteiger charge is -2.22. The maximum absolute atomic E-state index is 12.9. The van der Waals surface area contributed by atoms with Gasteiger partial charge in [0.2, 0.25) is 0 Å². The lowest BCUT2D eigenvalue weighted by molar-refractivity contribution is -0.0964. The highest BCUT2D eigenvalue weighted by molar-refractivity contribution is 6.20. The molecule has 0 unspecified atom stereocenters. The first kappa shape index (κ1) is 26.5. The van der Waals surface area contributed by atoms with Gasteiger partial charge in [-0.2, -0.15) is 0 Å². The second kappa shape index (κ2) is 11.2. The molecule has 1 amide bonds. The Morgan fingerprint density at radius 3 is 2.54 bits per heavy atom. The molecule has 1 aliphatic heterocycles. The molecule has 0 atom stereocenters. The Kier molecular flexibility index (Phi) is 8.03. The van der Waals surface area contributed by atoms with Gasteiger partial charge >= 0.3 is 5.57 Å². The Balaban J connectivity index is 1.55. The number of ether oxygens (including phenoxy) is 2. The van der Waals surface area contributed by atoms with E-state index in [1.807, 2.05) is 0 Å². The summed E-state index contributed by atoms with van der Waals surface area (Å²) in [5.41, 5.74) is -2.55. The highest BCUT2D eigenvalue weighted by atomic mass is 35.5. The van der Waals surface area contributed by atoms with Gasteiger partial charge in [-0.3, -0.25) is 14.2 Å². The van der Waals surface area contributed by atoms with Gasteiger partial charge in [0, 0.05) is 69.0 Å². The lowest BCUT2D eigenvalue weighted by atomic mass is 10.0. The standard InChI is InChI=1S/C25H26ClF2N5O4/c1-32(2)23-20(21-12-22(34)33(15-30-21)14-16-7-9-36-10-8-16)11-17(13-29-23)24(35)31-18-3-5-19(6-4-18)37-25(26,27)28/h3-6,11-13,15-16H,7-10,14H2,1-2H3,(H,31,35). The van der Waals surface area contributed by atoms with Crippen molar-refractivity contribution in [1.29, 1.82) is 0 Å². The number of hydrogen-bond donors (Lipinski definition) is 1. The fourth-order valence-corrected chi connectivity index (χ4v) is 4.08. The van der Waals surface area contributed by atoms with E-state index in [-0.39, 0.29) is 16.9 Å². The van der Waals surface area contributed by atoms with Crippen LogP contribution in [-0.2, 0) is 11.3 Å². The third-order valence-electron chi connectivity index (χ3n) is 5.85. The molecule has 3 aromatic rings. The number of anilines is 2. The molecular formula is C25H26ClF2N5O4. The van der Waals surface area contributed by atoms with Gasteiger partial charge in [-0.1, -0.05) is 0 Å². The van der Waals surface area contributed by atoms with Crippen LogP contribution in [0.2, 0.25) is 0 Å². The smallest absolute Gasteiger partial charge is 0.420 e. The average Bonchev–Trinajstić information content (AvgIpc) is 2.86. The Bertz CT molecular complexity index is 1310. The SMILES string of the molecule is CN(C)c1ncc(C(=O)Nc2ccc(OC(F)(F)Cl)cc2)cc1-c1cc(=O)n(CC2CCOCC2)cn1. The number of nitrogens with one attached hydrogen (secondary N) is 1. The molecule has 2 aromatic heterocycles. The number of carbonyl (C=O) groups excluding carboxylic acids is 1. The Morgan fingerprint density at radius 1 is 1.22 bits per heavy atom. The Hall–Kier alpha value is -3.57. The van der Waals surface area contributed by atoms with Gasteiger partial charge in [-0.15, -0.1) is 8.78 Å². The molecule has 4 rings (SSSR count). The van der Waals surface area contributed by atoms with Crippen molar-refractivity contribution in [3.8, 4) is 17.0 Å². The molecule has 0 spiro atoms. The molecular weight excluding hydrogens is 508 g/mol. The number of pyridine rings is 1.